The van der Waals surface area contributed by atoms with Crippen molar-refractivity contribution in [2.75, 3.05) is 18.4 Å². The summed E-state index contributed by atoms with van der Waals surface area (Å²) in [7, 11) is 0. The highest BCUT2D eigenvalue weighted by Crippen LogP contribution is 2.44. The Morgan fingerprint density at radius 1 is 1.53 bits per heavy atom. The maximum atomic E-state index is 10.8. The minimum atomic E-state index is -0.351. The molecule has 0 unspecified atom stereocenters. The van der Waals surface area contributed by atoms with Gasteiger partial charge in [-0.1, -0.05) is 6.07 Å². The molecular formula is C12H17N3O2. The van der Waals surface area contributed by atoms with E-state index < -0.39 is 0 Å². The van der Waals surface area contributed by atoms with Crippen molar-refractivity contribution >= 4 is 11.4 Å². The lowest BCUT2D eigenvalue weighted by Gasteiger charge is -2.14. The summed E-state index contributed by atoms with van der Waals surface area (Å²) < 4.78 is 0. The van der Waals surface area contributed by atoms with E-state index >= 15 is 0 Å². The minimum absolute atomic E-state index is 0.160. The van der Waals surface area contributed by atoms with E-state index in [0.29, 0.717) is 12.1 Å². The van der Waals surface area contributed by atoms with Gasteiger partial charge in [-0.3, -0.25) is 10.1 Å². The van der Waals surface area contributed by atoms with Gasteiger partial charge < -0.3 is 11.1 Å². The summed E-state index contributed by atoms with van der Waals surface area (Å²) in [6.45, 7) is 3.21. The molecule has 1 fully saturated rings. The van der Waals surface area contributed by atoms with Gasteiger partial charge in [-0.2, -0.15) is 0 Å². The molecule has 0 spiro atoms. The van der Waals surface area contributed by atoms with Gasteiger partial charge in [0.25, 0.3) is 5.69 Å². The highest BCUT2D eigenvalue weighted by molar-refractivity contribution is 5.55. The van der Waals surface area contributed by atoms with Gasteiger partial charge in [0.05, 0.1) is 4.92 Å². The van der Waals surface area contributed by atoms with E-state index in [1.807, 2.05) is 6.07 Å². The molecule has 0 radical (unpaired) electrons. The minimum Gasteiger partial charge on any atom is -0.384 e. The molecule has 0 bridgehead atoms. The summed E-state index contributed by atoms with van der Waals surface area (Å²) >= 11 is 0. The molecule has 5 nitrogen and oxygen atoms in total. The lowest BCUT2D eigenvalue weighted by Crippen LogP contribution is -2.24. The monoisotopic (exact) mass is 235 g/mol. The number of hydrogen-bond acceptors (Lipinski definition) is 4. The van der Waals surface area contributed by atoms with Crippen LogP contribution in [-0.2, 0) is 0 Å². The van der Waals surface area contributed by atoms with Gasteiger partial charge in [0.2, 0.25) is 0 Å². The number of nitrogens with zero attached hydrogens (tertiary/aromatic N) is 1. The first-order valence-corrected chi connectivity index (χ1v) is 5.75. The third-order valence-electron chi connectivity index (χ3n) is 3.46. The van der Waals surface area contributed by atoms with Crippen molar-refractivity contribution < 1.29 is 4.92 Å². The molecule has 1 aromatic rings. The second kappa shape index (κ2) is 4.33. The fourth-order valence-corrected chi connectivity index (χ4v) is 1.84. The van der Waals surface area contributed by atoms with Crippen LogP contribution < -0.4 is 11.1 Å². The van der Waals surface area contributed by atoms with Crippen molar-refractivity contribution in [1.82, 2.24) is 0 Å². The Labute approximate surface area is 100 Å². The van der Waals surface area contributed by atoms with Gasteiger partial charge in [-0.25, -0.2) is 0 Å². The molecule has 0 aromatic heterocycles. The van der Waals surface area contributed by atoms with Gasteiger partial charge >= 0.3 is 0 Å². The fourth-order valence-electron chi connectivity index (χ4n) is 1.84. The van der Waals surface area contributed by atoms with Crippen LogP contribution in [0.3, 0.4) is 0 Å². The Balaban J connectivity index is 2.06. The highest BCUT2D eigenvalue weighted by Gasteiger charge is 2.40. The summed E-state index contributed by atoms with van der Waals surface area (Å²) in [5.41, 5.74) is 7.54. The summed E-state index contributed by atoms with van der Waals surface area (Å²) in [5, 5.41) is 14.0. The number of nitrogens with two attached hydrogens (primary N) is 1. The molecule has 1 aliphatic rings. The molecule has 2 rings (SSSR count). The van der Waals surface area contributed by atoms with Crippen molar-refractivity contribution in [3.63, 3.8) is 0 Å². The predicted molar refractivity (Wildman–Crippen MR) is 67.0 cm³/mol. The zero-order valence-corrected chi connectivity index (χ0v) is 9.90. The van der Waals surface area contributed by atoms with E-state index in [9.17, 15) is 10.1 Å². The largest absolute Gasteiger partial charge is 0.384 e. The van der Waals surface area contributed by atoms with E-state index in [2.05, 4.69) is 5.32 Å². The Morgan fingerprint density at radius 3 is 2.76 bits per heavy atom. The molecule has 17 heavy (non-hydrogen) atoms. The molecule has 3 N–H and O–H groups in total. The Kier molecular flexibility index (Phi) is 3.02. The molecule has 1 saturated carbocycles. The summed E-state index contributed by atoms with van der Waals surface area (Å²) in [6.07, 6.45) is 2.29. The van der Waals surface area contributed by atoms with Crippen LogP contribution in [0.15, 0.2) is 18.2 Å². The van der Waals surface area contributed by atoms with Crippen molar-refractivity contribution in [3.8, 4) is 0 Å². The number of rotatable bonds is 5. The maximum absolute atomic E-state index is 10.8. The van der Waals surface area contributed by atoms with Crippen molar-refractivity contribution in [1.29, 1.82) is 0 Å². The Morgan fingerprint density at radius 2 is 2.24 bits per heavy atom. The number of aryl methyl sites for hydroxylation is 1. The second-order valence-corrected chi connectivity index (χ2v) is 4.82. The quantitative estimate of drug-likeness (QED) is 0.604. The smallest absolute Gasteiger partial charge is 0.274 e. The average molecular weight is 235 g/mol. The molecule has 5 heteroatoms. The average Bonchev–Trinajstić information content (AvgIpc) is 3.08. The molecule has 92 valence electrons. The first kappa shape index (κ1) is 11.9. The van der Waals surface area contributed by atoms with Crippen LogP contribution in [0.5, 0.6) is 0 Å². The first-order valence-electron chi connectivity index (χ1n) is 5.75. The van der Waals surface area contributed by atoms with E-state index in [1.54, 1.807) is 19.1 Å². The van der Waals surface area contributed by atoms with Gasteiger partial charge in [0.1, 0.15) is 0 Å². The number of benzene rings is 1. The van der Waals surface area contributed by atoms with Crippen LogP contribution >= 0.6 is 0 Å². The lowest BCUT2D eigenvalue weighted by atomic mass is 10.1. The van der Waals surface area contributed by atoms with Crippen LogP contribution in [0.4, 0.5) is 11.4 Å². The zero-order chi connectivity index (χ0) is 12.5. The molecule has 1 aromatic carbocycles. The van der Waals surface area contributed by atoms with Crippen LogP contribution in [0.2, 0.25) is 0 Å². The van der Waals surface area contributed by atoms with E-state index in [1.165, 1.54) is 0 Å². The van der Waals surface area contributed by atoms with E-state index in [0.717, 1.165) is 25.1 Å². The number of nitrogens with one attached hydrogen (secondary N) is 1. The normalized spacial score (nSPS) is 16.6. The fraction of sp³-hybridized carbons (Fsp3) is 0.500. The van der Waals surface area contributed by atoms with Crippen LogP contribution in [0.25, 0.3) is 0 Å². The zero-order valence-electron chi connectivity index (χ0n) is 9.90. The Hall–Kier alpha value is -1.62. The van der Waals surface area contributed by atoms with Gasteiger partial charge in [-0.05, 0) is 37.8 Å². The second-order valence-electron chi connectivity index (χ2n) is 4.82. The van der Waals surface area contributed by atoms with Crippen LogP contribution in [-0.4, -0.2) is 18.0 Å². The first-order chi connectivity index (χ1) is 8.06. The van der Waals surface area contributed by atoms with Crippen molar-refractivity contribution in [2.45, 2.75) is 19.8 Å². The standard InChI is InChI=1S/C12H17N3O2/c1-9-2-3-10(6-11(9)15(16)17)14-8-12(7-13)4-5-12/h2-3,6,14H,4-5,7-8,13H2,1H3. The molecular weight excluding hydrogens is 218 g/mol. The summed E-state index contributed by atoms with van der Waals surface area (Å²) in [5.74, 6) is 0. The highest BCUT2D eigenvalue weighted by atomic mass is 16.6. The molecule has 0 aliphatic heterocycles. The Bertz CT molecular complexity index is 441. The van der Waals surface area contributed by atoms with E-state index in [-0.39, 0.29) is 16.0 Å². The number of nitro groups is 1. The lowest BCUT2D eigenvalue weighted by molar-refractivity contribution is -0.385. The molecule has 0 saturated heterocycles. The topological polar surface area (TPSA) is 81.2 Å². The van der Waals surface area contributed by atoms with Crippen LogP contribution in [0, 0.1) is 22.5 Å². The summed E-state index contributed by atoms with van der Waals surface area (Å²) in [6, 6.07) is 5.22. The van der Waals surface area contributed by atoms with Crippen LogP contribution in [0.1, 0.15) is 18.4 Å². The number of hydrogen-bond donors (Lipinski definition) is 2. The van der Waals surface area contributed by atoms with Gasteiger partial charge in [-0.15, -0.1) is 0 Å². The van der Waals surface area contributed by atoms with Crippen molar-refractivity contribution in [3.05, 3.63) is 33.9 Å². The van der Waals surface area contributed by atoms with Crippen molar-refractivity contribution in [2.24, 2.45) is 11.1 Å². The summed E-state index contributed by atoms with van der Waals surface area (Å²) in [4.78, 5) is 10.5. The number of nitro benzene ring substituents is 1. The molecule has 0 amide bonds. The third kappa shape index (κ3) is 2.55. The molecule has 0 heterocycles. The number of anilines is 1. The van der Waals surface area contributed by atoms with Gasteiger partial charge in [0, 0.05) is 23.9 Å². The predicted octanol–water partition coefficient (Wildman–Crippen LogP) is 2.05. The molecule has 0 atom stereocenters. The van der Waals surface area contributed by atoms with Gasteiger partial charge in [0.15, 0.2) is 0 Å². The third-order valence-corrected chi connectivity index (χ3v) is 3.46. The molecule has 1 aliphatic carbocycles. The SMILES string of the molecule is Cc1ccc(NCC2(CN)CC2)cc1[N+](=O)[O-]. The van der Waals surface area contributed by atoms with E-state index in [4.69, 9.17) is 5.73 Å². The maximum Gasteiger partial charge on any atom is 0.274 e.